The zero-order chi connectivity index (χ0) is 18.8. The van der Waals surface area contributed by atoms with Gasteiger partial charge in [0.15, 0.2) is 0 Å². The largest absolute Gasteiger partial charge is 1.00 e. The summed E-state index contributed by atoms with van der Waals surface area (Å²) in [6.07, 6.45) is 8.12. The molecule has 0 amide bonds. The Kier molecular flexibility index (Phi) is 12.8. The first kappa shape index (κ1) is 25.7. The zero-order valence-electron chi connectivity index (χ0n) is 16.7. The van der Waals surface area contributed by atoms with Crippen LogP contribution < -0.4 is 17.0 Å². The van der Waals surface area contributed by atoms with Crippen molar-refractivity contribution in [3.05, 3.63) is 18.7 Å². The molecule has 0 aromatic carbocycles. The Bertz CT molecular complexity index is 429. The standard InChI is InChI=1S/C15H33N2O6Si2.ClH/c1-18-24(19-2,20-3)13-7-9-16-11-12-17(15-16)10-8-14-25(21-4,22-5)23-6;/h11-12,15H,7-10,13-14H2,1-6H3;1H/q+1;/p-1. The Labute approximate surface area is 165 Å². The molecule has 0 spiro atoms. The SMILES string of the molecule is CO[Si](CCCn1cc[n+](CCC[Si](OC)(OC)OC)c1)(OC)OC.[Cl-]. The quantitative estimate of drug-likeness (QED) is 0.260. The highest BCUT2D eigenvalue weighted by atomic mass is 35.5. The molecule has 0 bridgehead atoms. The highest BCUT2D eigenvalue weighted by Crippen LogP contribution is 2.16. The second kappa shape index (κ2) is 13.0. The van der Waals surface area contributed by atoms with Gasteiger partial charge in [-0.2, -0.15) is 0 Å². The minimum Gasteiger partial charge on any atom is -1.00 e. The van der Waals surface area contributed by atoms with Crippen molar-refractivity contribution in [2.75, 3.05) is 42.7 Å². The van der Waals surface area contributed by atoms with E-state index in [4.69, 9.17) is 26.6 Å². The van der Waals surface area contributed by atoms with Gasteiger partial charge in [-0.05, 0) is 12.8 Å². The number of aryl methyl sites for hydroxylation is 2. The van der Waals surface area contributed by atoms with Crippen molar-refractivity contribution in [1.82, 2.24) is 4.57 Å². The first-order valence-electron chi connectivity index (χ1n) is 8.38. The van der Waals surface area contributed by atoms with E-state index in [1.807, 2.05) is 0 Å². The average molecular weight is 429 g/mol. The molecule has 1 rings (SSSR count). The van der Waals surface area contributed by atoms with E-state index in [2.05, 4.69) is 27.9 Å². The van der Waals surface area contributed by atoms with Crippen molar-refractivity contribution in [3.63, 3.8) is 0 Å². The number of rotatable bonds is 14. The molecule has 0 N–H and O–H groups in total. The highest BCUT2D eigenvalue weighted by molar-refractivity contribution is 6.60. The summed E-state index contributed by atoms with van der Waals surface area (Å²) in [6.45, 7) is 1.79. The van der Waals surface area contributed by atoms with Crippen LogP contribution in [0.4, 0.5) is 0 Å². The van der Waals surface area contributed by atoms with Crippen LogP contribution in [0.25, 0.3) is 0 Å². The van der Waals surface area contributed by atoms with Crippen LogP contribution in [0.5, 0.6) is 0 Å². The monoisotopic (exact) mass is 428 g/mol. The Morgan fingerprint density at radius 1 is 0.769 bits per heavy atom. The van der Waals surface area contributed by atoms with Crippen molar-refractivity contribution in [2.45, 2.75) is 38.0 Å². The number of nitrogens with zero attached hydrogens (tertiary/aromatic N) is 2. The van der Waals surface area contributed by atoms with Gasteiger partial charge < -0.3 is 39.0 Å². The summed E-state index contributed by atoms with van der Waals surface area (Å²) in [5, 5.41) is 0. The van der Waals surface area contributed by atoms with Crippen LogP contribution in [0.15, 0.2) is 18.7 Å². The molecule has 1 aromatic heterocycles. The molecule has 8 nitrogen and oxygen atoms in total. The van der Waals surface area contributed by atoms with Gasteiger partial charge in [0, 0.05) is 54.7 Å². The molecular weight excluding hydrogens is 396 g/mol. The summed E-state index contributed by atoms with van der Waals surface area (Å²) in [6, 6.07) is 1.58. The highest BCUT2D eigenvalue weighted by Gasteiger charge is 2.38. The topological polar surface area (TPSA) is 64.2 Å². The van der Waals surface area contributed by atoms with Crippen molar-refractivity contribution >= 4 is 17.6 Å². The van der Waals surface area contributed by atoms with E-state index in [1.54, 1.807) is 42.7 Å². The smallest absolute Gasteiger partial charge is 0.500 e. The molecule has 0 saturated heterocycles. The van der Waals surface area contributed by atoms with Crippen LogP contribution in [0.3, 0.4) is 0 Å². The van der Waals surface area contributed by atoms with Gasteiger partial charge in [-0.3, -0.25) is 0 Å². The van der Waals surface area contributed by atoms with Crippen LogP contribution in [0, 0.1) is 0 Å². The lowest BCUT2D eigenvalue weighted by molar-refractivity contribution is -0.696. The lowest BCUT2D eigenvalue weighted by Gasteiger charge is -2.23. The van der Waals surface area contributed by atoms with Crippen molar-refractivity contribution in [3.8, 4) is 0 Å². The summed E-state index contributed by atoms with van der Waals surface area (Å²) < 4.78 is 37.0. The fourth-order valence-corrected chi connectivity index (χ4v) is 6.18. The van der Waals surface area contributed by atoms with Gasteiger partial charge in [0.05, 0.1) is 13.1 Å². The number of hydrogen-bond donors (Lipinski definition) is 0. The van der Waals surface area contributed by atoms with Crippen LogP contribution in [-0.4, -0.2) is 64.8 Å². The van der Waals surface area contributed by atoms with Gasteiger partial charge in [0.2, 0.25) is 6.33 Å². The first-order valence-corrected chi connectivity index (χ1v) is 12.2. The number of halogens is 1. The third-order valence-electron chi connectivity index (χ3n) is 4.41. The molecule has 1 aromatic rings. The Hall–Kier alpha value is -0.306. The van der Waals surface area contributed by atoms with E-state index in [-0.39, 0.29) is 12.4 Å². The van der Waals surface area contributed by atoms with Gasteiger partial charge in [-0.25, -0.2) is 9.13 Å². The number of aromatic nitrogens is 2. The molecule has 11 heteroatoms. The van der Waals surface area contributed by atoms with Gasteiger partial charge in [-0.1, -0.05) is 0 Å². The van der Waals surface area contributed by atoms with E-state index in [9.17, 15) is 0 Å². The van der Waals surface area contributed by atoms with E-state index >= 15 is 0 Å². The summed E-state index contributed by atoms with van der Waals surface area (Å²) >= 11 is 0. The lowest BCUT2D eigenvalue weighted by Crippen LogP contribution is -3.00. The third-order valence-corrected chi connectivity index (χ3v) is 10.1. The molecule has 26 heavy (non-hydrogen) atoms. The maximum atomic E-state index is 5.44. The minimum absolute atomic E-state index is 0. The van der Waals surface area contributed by atoms with Crippen LogP contribution in [-0.2, 0) is 39.6 Å². The average Bonchev–Trinajstić information content (AvgIpc) is 3.11. The molecule has 0 aliphatic heterocycles. The van der Waals surface area contributed by atoms with Crippen molar-refractivity contribution < 1.29 is 43.5 Å². The van der Waals surface area contributed by atoms with Crippen LogP contribution >= 0.6 is 0 Å². The van der Waals surface area contributed by atoms with Crippen LogP contribution in [0.1, 0.15) is 12.8 Å². The first-order chi connectivity index (χ1) is 12.0. The van der Waals surface area contributed by atoms with E-state index < -0.39 is 17.6 Å². The summed E-state index contributed by atoms with van der Waals surface area (Å²) in [4.78, 5) is 0. The van der Waals surface area contributed by atoms with Gasteiger partial charge in [0.25, 0.3) is 0 Å². The fourth-order valence-electron chi connectivity index (χ4n) is 2.77. The summed E-state index contributed by atoms with van der Waals surface area (Å²) in [5.74, 6) is 0. The van der Waals surface area contributed by atoms with Gasteiger partial charge in [-0.15, -0.1) is 0 Å². The Morgan fingerprint density at radius 3 is 1.69 bits per heavy atom. The number of hydrogen-bond acceptors (Lipinski definition) is 6. The molecule has 0 fully saturated rings. The second-order valence-electron chi connectivity index (χ2n) is 5.69. The molecule has 0 unspecified atom stereocenters. The van der Waals surface area contributed by atoms with E-state index in [0.29, 0.717) is 0 Å². The van der Waals surface area contributed by atoms with Crippen molar-refractivity contribution in [2.24, 2.45) is 0 Å². The molecule has 0 aliphatic carbocycles. The molecule has 0 radical (unpaired) electrons. The molecule has 154 valence electrons. The second-order valence-corrected chi connectivity index (χ2v) is 11.9. The maximum absolute atomic E-state index is 5.44. The predicted molar refractivity (Wildman–Crippen MR) is 97.0 cm³/mol. The van der Waals surface area contributed by atoms with Crippen molar-refractivity contribution in [1.29, 1.82) is 0 Å². The molecule has 1 heterocycles. The lowest BCUT2D eigenvalue weighted by atomic mass is 10.5. The third kappa shape index (κ3) is 7.37. The maximum Gasteiger partial charge on any atom is 0.500 e. The fraction of sp³-hybridized carbons (Fsp3) is 0.800. The van der Waals surface area contributed by atoms with E-state index in [1.165, 1.54) is 0 Å². The van der Waals surface area contributed by atoms with Gasteiger partial charge in [0.1, 0.15) is 12.4 Å². The zero-order valence-corrected chi connectivity index (χ0v) is 19.5. The summed E-state index contributed by atoms with van der Waals surface area (Å²) in [7, 11) is 4.92. The van der Waals surface area contributed by atoms with E-state index in [0.717, 1.165) is 38.0 Å². The minimum atomic E-state index is -2.48. The molecule has 0 saturated carbocycles. The summed E-state index contributed by atoms with van der Waals surface area (Å²) in [5.41, 5.74) is 0. The molecule has 0 atom stereocenters. The Balaban J connectivity index is 0.00000625. The predicted octanol–water partition coefficient (Wildman–Crippen LogP) is -1.68. The number of imidazole rings is 1. The molecular formula is C15H33ClN2O6Si2. The Morgan fingerprint density at radius 2 is 1.23 bits per heavy atom. The van der Waals surface area contributed by atoms with Crippen LogP contribution in [0.2, 0.25) is 12.1 Å². The van der Waals surface area contributed by atoms with Gasteiger partial charge >= 0.3 is 17.6 Å². The molecule has 0 aliphatic rings. The normalized spacial score (nSPS) is 12.2.